The molecule has 13 heavy (non-hydrogen) atoms. The number of aliphatic carboxylic acids is 1. The molecule has 0 aromatic rings. The van der Waals surface area contributed by atoms with Crippen LogP contribution in [0.25, 0.3) is 0 Å². The summed E-state index contributed by atoms with van der Waals surface area (Å²) >= 11 is 0. The fourth-order valence-corrected chi connectivity index (χ4v) is 1.61. The minimum atomic E-state index is -1.19. The van der Waals surface area contributed by atoms with Crippen LogP contribution in [-0.4, -0.2) is 46.8 Å². The first kappa shape index (κ1) is 10.5. The zero-order valence-electron chi connectivity index (χ0n) is 7.78. The van der Waals surface area contributed by atoms with Crippen molar-refractivity contribution in [2.75, 3.05) is 19.6 Å². The Labute approximate surface area is 78.2 Å². The van der Waals surface area contributed by atoms with Gasteiger partial charge in [-0.3, -0.25) is 0 Å². The smallest absolute Gasteiger partial charge is 0.332 e. The van der Waals surface area contributed by atoms with E-state index in [1.807, 2.05) is 0 Å². The monoisotopic (exact) mass is 187 g/mol. The Hall–Kier alpha value is -0.610. The summed E-state index contributed by atoms with van der Waals surface area (Å²) in [4.78, 5) is 12.5. The van der Waals surface area contributed by atoms with Crippen molar-refractivity contribution < 1.29 is 15.0 Å². The number of rotatable bonds is 4. The van der Waals surface area contributed by atoms with Crippen molar-refractivity contribution in [3.05, 3.63) is 0 Å². The number of carbonyl (C=O) groups is 1. The van der Waals surface area contributed by atoms with Crippen molar-refractivity contribution in [2.24, 2.45) is 0 Å². The third-order valence-corrected chi connectivity index (χ3v) is 2.45. The number of aliphatic hydroxyl groups excluding tert-OH is 1. The van der Waals surface area contributed by atoms with Crippen LogP contribution >= 0.6 is 0 Å². The lowest BCUT2D eigenvalue weighted by atomic mass is 10.1. The maximum Gasteiger partial charge on any atom is 0.332 e. The lowest BCUT2D eigenvalue weighted by Crippen LogP contribution is -2.33. The SMILES string of the molecule is O=C(O)C(O)CCN1CCCCC1. The van der Waals surface area contributed by atoms with Crippen molar-refractivity contribution in [2.45, 2.75) is 31.8 Å². The molecule has 76 valence electrons. The van der Waals surface area contributed by atoms with Crippen LogP contribution in [-0.2, 0) is 4.79 Å². The Morgan fingerprint density at radius 2 is 1.92 bits per heavy atom. The van der Waals surface area contributed by atoms with Gasteiger partial charge in [0.2, 0.25) is 0 Å². The van der Waals surface area contributed by atoms with Crippen LogP contribution in [0.1, 0.15) is 25.7 Å². The van der Waals surface area contributed by atoms with Gasteiger partial charge in [-0.2, -0.15) is 0 Å². The second-order valence-electron chi connectivity index (χ2n) is 3.55. The molecule has 0 saturated carbocycles. The third-order valence-electron chi connectivity index (χ3n) is 2.45. The highest BCUT2D eigenvalue weighted by molar-refractivity contribution is 5.71. The fraction of sp³-hybridized carbons (Fsp3) is 0.889. The van der Waals surface area contributed by atoms with Crippen molar-refractivity contribution in [3.8, 4) is 0 Å². The predicted molar refractivity (Wildman–Crippen MR) is 48.6 cm³/mol. The van der Waals surface area contributed by atoms with Gasteiger partial charge in [0.1, 0.15) is 0 Å². The molecule has 1 fully saturated rings. The van der Waals surface area contributed by atoms with Gasteiger partial charge in [-0.05, 0) is 32.4 Å². The number of likely N-dealkylation sites (tertiary alicyclic amines) is 1. The summed E-state index contributed by atoms with van der Waals surface area (Å²) in [5.41, 5.74) is 0. The molecule has 1 aliphatic heterocycles. The molecule has 0 radical (unpaired) electrons. The zero-order chi connectivity index (χ0) is 9.68. The number of hydrogen-bond donors (Lipinski definition) is 2. The van der Waals surface area contributed by atoms with Crippen LogP contribution in [0.4, 0.5) is 0 Å². The van der Waals surface area contributed by atoms with Crippen molar-refractivity contribution in [3.63, 3.8) is 0 Å². The lowest BCUT2D eigenvalue weighted by Gasteiger charge is -2.26. The van der Waals surface area contributed by atoms with Crippen LogP contribution in [0.3, 0.4) is 0 Å². The largest absolute Gasteiger partial charge is 0.479 e. The molecule has 4 nitrogen and oxygen atoms in total. The second kappa shape index (κ2) is 5.19. The van der Waals surface area contributed by atoms with Gasteiger partial charge in [-0.25, -0.2) is 4.79 Å². The number of nitrogens with zero attached hydrogens (tertiary/aromatic N) is 1. The molecule has 0 spiro atoms. The normalized spacial score (nSPS) is 21.3. The van der Waals surface area contributed by atoms with Crippen LogP contribution in [0, 0.1) is 0 Å². The standard InChI is InChI=1S/C9H17NO3/c11-8(9(12)13)4-7-10-5-2-1-3-6-10/h8,11H,1-7H2,(H,12,13). The average Bonchev–Trinajstić information content (AvgIpc) is 2.15. The van der Waals surface area contributed by atoms with Crippen LogP contribution < -0.4 is 0 Å². The number of hydrogen-bond acceptors (Lipinski definition) is 3. The van der Waals surface area contributed by atoms with E-state index >= 15 is 0 Å². The first-order chi connectivity index (χ1) is 6.20. The molecular weight excluding hydrogens is 170 g/mol. The molecule has 1 rings (SSSR count). The average molecular weight is 187 g/mol. The van der Waals surface area contributed by atoms with Gasteiger partial charge < -0.3 is 15.1 Å². The molecule has 0 aromatic carbocycles. The zero-order valence-corrected chi connectivity index (χ0v) is 7.78. The van der Waals surface area contributed by atoms with Crippen molar-refractivity contribution in [1.82, 2.24) is 4.90 Å². The molecule has 0 aromatic heterocycles. The summed E-state index contributed by atoms with van der Waals surface area (Å²) in [6.07, 6.45) is 2.82. The molecule has 4 heteroatoms. The number of carboxylic acids is 1. The number of piperidine rings is 1. The van der Waals surface area contributed by atoms with Gasteiger partial charge in [0, 0.05) is 6.54 Å². The molecule has 0 bridgehead atoms. The topological polar surface area (TPSA) is 60.8 Å². The van der Waals surface area contributed by atoms with Crippen LogP contribution in [0.15, 0.2) is 0 Å². The predicted octanol–water partition coefficient (Wildman–Crippen LogP) is 0.308. The minimum absolute atomic E-state index is 0.343. The summed E-state index contributed by atoms with van der Waals surface area (Å²) < 4.78 is 0. The highest BCUT2D eigenvalue weighted by atomic mass is 16.4. The minimum Gasteiger partial charge on any atom is -0.479 e. The van der Waals surface area contributed by atoms with Gasteiger partial charge in [-0.1, -0.05) is 6.42 Å². The van der Waals surface area contributed by atoms with E-state index in [1.165, 1.54) is 19.3 Å². The van der Waals surface area contributed by atoms with Crippen LogP contribution in [0.2, 0.25) is 0 Å². The van der Waals surface area contributed by atoms with E-state index in [1.54, 1.807) is 0 Å². The Morgan fingerprint density at radius 1 is 1.31 bits per heavy atom. The van der Waals surface area contributed by atoms with Crippen molar-refractivity contribution in [1.29, 1.82) is 0 Å². The molecule has 1 saturated heterocycles. The first-order valence-corrected chi connectivity index (χ1v) is 4.83. The number of aliphatic hydroxyl groups is 1. The van der Waals surface area contributed by atoms with E-state index in [0.29, 0.717) is 13.0 Å². The highest BCUT2D eigenvalue weighted by Gasteiger charge is 2.16. The summed E-state index contributed by atoms with van der Waals surface area (Å²) in [7, 11) is 0. The molecule has 0 amide bonds. The summed E-state index contributed by atoms with van der Waals surface area (Å²) in [5.74, 6) is -1.11. The van der Waals surface area contributed by atoms with Gasteiger partial charge in [0.25, 0.3) is 0 Å². The maximum atomic E-state index is 10.3. The van der Waals surface area contributed by atoms with E-state index in [0.717, 1.165) is 13.1 Å². The Bertz CT molecular complexity index is 166. The van der Waals surface area contributed by atoms with Gasteiger partial charge in [-0.15, -0.1) is 0 Å². The molecule has 1 atom stereocenters. The second-order valence-corrected chi connectivity index (χ2v) is 3.55. The summed E-state index contributed by atoms with van der Waals surface area (Å²) in [6.45, 7) is 2.80. The summed E-state index contributed by atoms with van der Waals surface area (Å²) in [6, 6.07) is 0. The quantitative estimate of drug-likeness (QED) is 0.665. The molecular formula is C9H17NO3. The molecule has 1 aliphatic rings. The molecule has 1 heterocycles. The Kier molecular flexibility index (Phi) is 4.18. The van der Waals surface area contributed by atoms with Crippen molar-refractivity contribution >= 4 is 5.97 Å². The lowest BCUT2D eigenvalue weighted by molar-refractivity contribution is -0.147. The van der Waals surface area contributed by atoms with E-state index in [9.17, 15) is 4.79 Å². The van der Waals surface area contributed by atoms with Gasteiger partial charge in [0.15, 0.2) is 6.10 Å². The Balaban J connectivity index is 2.13. The fourth-order valence-electron chi connectivity index (χ4n) is 1.61. The van der Waals surface area contributed by atoms with E-state index in [2.05, 4.69) is 4.90 Å². The highest BCUT2D eigenvalue weighted by Crippen LogP contribution is 2.09. The molecule has 2 N–H and O–H groups in total. The van der Waals surface area contributed by atoms with Crippen LogP contribution in [0.5, 0.6) is 0 Å². The first-order valence-electron chi connectivity index (χ1n) is 4.83. The Morgan fingerprint density at radius 3 is 2.46 bits per heavy atom. The van der Waals surface area contributed by atoms with E-state index < -0.39 is 12.1 Å². The third kappa shape index (κ3) is 3.74. The number of carboxylic acid groups (broad SMARTS) is 1. The van der Waals surface area contributed by atoms with Gasteiger partial charge in [0.05, 0.1) is 0 Å². The molecule has 0 aliphatic carbocycles. The van der Waals surface area contributed by atoms with E-state index in [4.69, 9.17) is 10.2 Å². The summed E-state index contributed by atoms with van der Waals surface area (Å²) in [5, 5.41) is 17.5. The maximum absolute atomic E-state index is 10.3. The van der Waals surface area contributed by atoms with E-state index in [-0.39, 0.29) is 0 Å². The van der Waals surface area contributed by atoms with Gasteiger partial charge >= 0.3 is 5.97 Å². The molecule has 1 unspecified atom stereocenters.